The molecule has 0 saturated heterocycles. The van der Waals surface area contributed by atoms with E-state index in [0.717, 1.165) is 0 Å². The molecule has 0 radical (unpaired) electrons. The van der Waals surface area contributed by atoms with E-state index < -0.39 is 5.82 Å². The van der Waals surface area contributed by atoms with Crippen LogP contribution in [0, 0.1) is 5.82 Å². The monoisotopic (exact) mass is 199 g/mol. The smallest absolute Gasteiger partial charge is 0.149 e. The summed E-state index contributed by atoms with van der Waals surface area (Å²) in [5.74, 6) is 0.0488. The van der Waals surface area contributed by atoms with Crippen LogP contribution in [0.25, 0.3) is 0 Å². The van der Waals surface area contributed by atoms with Crippen LogP contribution in [0.4, 0.5) is 15.8 Å². The van der Waals surface area contributed by atoms with Gasteiger partial charge in [0.15, 0.2) is 0 Å². The van der Waals surface area contributed by atoms with Gasteiger partial charge in [0, 0.05) is 26.2 Å². The van der Waals surface area contributed by atoms with Crippen LogP contribution >= 0.6 is 0 Å². The van der Waals surface area contributed by atoms with E-state index in [0.29, 0.717) is 11.4 Å². The number of hydrogen-bond acceptors (Lipinski definition) is 4. The van der Waals surface area contributed by atoms with Crippen LogP contribution in [-0.2, 0) is 0 Å². The van der Waals surface area contributed by atoms with Gasteiger partial charge in [0.25, 0.3) is 0 Å². The Morgan fingerprint density at radius 3 is 2.57 bits per heavy atom. The summed E-state index contributed by atoms with van der Waals surface area (Å²) in [6.45, 7) is 0. The molecule has 0 aliphatic carbocycles. The highest BCUT2D eigenvalue weighted by atomic mass is 19.1. The van der Waals surface area contributed by atoms with Gasteiger partial charge >= 0.3 is 0 Å². The average Bonchev–Trinajstić information content (AvgIpc) is 2.09. The number of anilines is 2. The molecule has 1 aromatic rings. The molecule has 0 fully saturated rings. The van der Waals surface area contributed by atoms with Crippen LogP contribution in [0.1, 0.15) is 0 Å². The summed E-state index contributed by atoms with van der Waals surface area (Å²) in [5.41, 5.74) is 8.94. The van der Waals surface area contributed by atoms with Gasteiger partial charge in [0.2, 0.25) is 0 Å². The lowest BCUT2D eigenvalue weighted by atomic mass is 10.2. The number of hydrazine groups is 1. The lowest BCUT2D eigenvalue weighted by Crippen LogP contribution is -2.20. The summed E-state index contributed by atoms with van der Waals surface area (Å²) in [6, 6.07) is 2.75. The molecule has 0 bridgehead atoms. The Kier molecular flexibility index (Phi) is 3.14. The number of rotatable bonds is 3. The highest BCUT2D eigenvalue weighted by molar-refractivity contribution is 5.61. The number of benzene rings is 1. The first-order valence-electron chi connectivity index (χ1n) is 4.11. The minimum absolute atomic E-state index is 0.286. The Morgan fingerprint density at radius 1 is 1.43 bits per heavy atom. The normalized spacial score (nSPS) is 10.4. The zero-order valence-electron chi connectivity index (χ0n) is 8.47. The molecule has 0 spiro atoms. The first-order chi connectivity index (χ1) is 6.54. The van der Waals surface area contributed by atoms with Gasteiger partial charge in [-0.1, -0.05) is 0 Å². The maximum Gasteiger partial charge on any atom is 0.149 e. The van der Waals surface area contributed by atoms with Crippen LogP contribution in [-0.4, -0.2) is 26.2 Å². The molecule has 0 heterocycles. The summed E-state index contributed by atoms with van der Waals surface area (Å²) >= 11 is 0. The predicted molar refractivity (Wildman–Crippen MR) is 54.7 cm³/mol. The van der Waals surface area contributed by atoms with Crippen LogP contribution < -0.4 is 15.9 Å². The summed E-state index contributed by atoms with van der Waals surface area (Å²) in [6.07, 6.45) is 0. The van der Waals surface area contributed by atoms with E-state index in [4.69, 9.17) is 10.5 Å². The highest BCUT2D eigenvalue weighted by Crippen LogP contribution is 2.28. The van der Waals surface area contributed by atoms with Crippen molar-refractivity contribution in [2.45, 2.75) is 0 Å². The zero-order valence-corrected chi connectivity index (χ0v) is 8.47. The largest absolute Gasteiger partial charge is 0.495 e. The Bertz CT molecular complexity index is 328. The summed E-state index contributed by atoms with van der Waals surface area (Å²) < 4.78 is 18.3. The number of nitrogen functional groups attached to an aromatic ring is 1. The van der Waals surface area contributed by atoms with Gasteiger partial charge in [0.1, 0.15) is 11.6 Å². The lowest BCUT2D eigenvalue weighted by Gasteiger charge is -2.15. The van der Waals surface area contributed by atoms with Crippen molar-refractivity contribution in [1.29, 1.82) is 0 Å². The van der Waals surface area contributed by atoms with Gasteiger partial charge in [-0.05, 0) is 0 Å². The fourth-order valence-corrected chi connectivity index (χ4v) is 1.07. The van der Waals surface area contributed by atoms with E-state index in [9.17, 15) is 4.39 Å². The van der Waals surface area contributed by atoms with Gasteiger partial charge in [-0.2, -0.15) is 0 Å². The SMILES string of the molecule is COc1cc(NN(C)C)c(F)cc1N. The highest BCUT2D eigenvalue weighted by Gasteiger charge is 2.08. The second-order valence-corrected chi connectivity index (χ2v) is 3.08. The van der Waals surface area contributed by atoms with E-state index >= 15 is 0 Å². The molecule has 0 amide bonds. The molecule has 0 aromatic heterocycles. The number of nitrogens with two attached hydrogens (primary N) is 1. The number of ether oxygens (including phenoxy) is 1. The molecular formula is C9H14FN3O. The first-order valence-corrected chi connectivity index (χ1v) is 4.11. The second kappa shape index (κ2) is 4.15. The van der Waals surface area contributed by atoms with Crippen molar-refractivity contribution in [3.8, 4) is 5.75 Å². The maximum absolute atomic E-state index is 13.3. The van der Waals surface area contributed by atoms with E-state index in [-0.39, 0.29) is 5.69 Å². The van der Waals surface area contributed by atoms with E-state index in [1.54, 1.807) is 19.1 Å². The molecule has 1 rings (SSSR count). The van der Waals surface area contributed by atoms with Gasteiger partial charge in [-0.3, -0.25) is 0 Å². The molecule has 0 atom stereocenters. The van der Waals surface area contributed by atoms with E-state index in [1.807, 2.05) is 0 Å². The quantitative estimate of drug-likeness (QED) is 0.569. The molecule has 0 aliphatic heterocycles. The Balaban J connectivity index is 3.04. The summed E-state index contributed by atoms with van der Waals surface area (Å²) in [7, 11) is 5.02. The van der Waals surface area contributed by atoms with Crippen molar-refractivity contribution in [2.75, 3.05) is 32.4 Å². The standard InChI is InChI=1S/C9H14FN3O/c1-13(2)12-8-5-9(14-3)7(11)4-6(8)10/h4-5,12H,11H2,1-3H3. The molecule has 0 saturated carbocycles. The van der Waals surface area contributed by atoms with Crippen molar-refractivity contribution in [1.82, 2.24) is 5.01 Å². The minimum atomic E-state index is -0.406. The summed E-state index contributed by atoms with van der Waals surface area (Å²) in [5, 5.41) is 1.63. The molecule has 5 heteroatoms. The van der Waals surface area contributed by atoms with Crippen LogP contribution in [0.2, 0.25) is 0 Å². The number of hydrogen-bond donors (Lipinski definition) is 2. The number of halogens is 1. The van der Waals surface area contributed by atoms with Crippen molar-refractivity contribution >= 4 is 11.4 Å². The number of nitrogens with one attached hydrogen (secondary N) is 1. The Hall–Kier alpha value is -1.49. The topological polar surface area (TPSA) is 50.5 Å². The molecular weight excluding hydrogens is 185 g/mol. The average molecular weight is 199 g/mol. The minimum Gasteiger partial charge on any atom is -0.495 e. The molecule has 1 aromatic carbocycles. The van der Waals surface area contributed by atoms with Crippen LogP contribution in [0.5, 0.6) is 5.75 Å². The van der Waals surface area contributed by atoms with Crippen LogP contribution in [0.3, 0.4) is 0 Å². The van der Waals surface area contributed by atoms with Gasteiger partial charge in [0.05, 0.1) is 18.5 Å². The van der Waals surface area contributed by atoms with E-state index in [2.05, 4.69) is 5.43 Å². The third kappa shape index (κ3) is 2.26. The zero-order chi connectivity index (χ0) is 10.7. The van der Waals surface area contributed by atoms with Gasteiger partial charge in [-0.15, -0.1) is 0 Å². The maximum atomic E-state index is 13.3. The molecule has 4 nitrogen and oxygen atoms in total. The molecule has 14 heavy (non-hydrogen) atoms. The summed E-state index contributed by atoms with van der Waals surface area (Å²) in [4.78, 5) is 0. The fourth-order valence-electron chi connectivity index (χ4n) is 1.07. The van der Waals surface area contributed by atoms with Crippen molar-refractivity contribution < 1.29 is 9.13 Å². The molecule has 0 unspecified atom stereocenters. The van der Waals surface area contributed by atoms with Gasteiger partial charge in [-0.25, -0.2) is 9.40 Å². The Morgan fingerprint density at radius 2 is 2.07 bits per heavy atom. The molecule has 0 aliphatic rings. The fraction of sp³-hybridized carbons (Fsp3) is 0.333. The lowest BCUT2D eigenvalue weighted by molar-refractivity contribution is 0.415. The third-order valence-corrected chi connectivity index (χ3v) is 1.66. The van der Waals surface area contributed by atoms with Gasteiger partial charge < -0.3 is 15.9 Å². The van der Waals surface area contributed by atoms with Crippen molar-refractivity contribution in [3.63, 3.8) is 0 Å². The Labute approximate surface area is 82.4 Å². The van der Waals surface area contributed by atoms with Crippen molar-refractivity contribution in [2.24, 2.45) is 0 Å². The van der Waals surface area contributed by atoms with Crippen LogP contribution in [0.15, 0.2) is 12.1 Å². The number of nitrogens with zero attached hydrogens (tertiary/aromatic N) is 1. The second-order valence-electron chi connectivity index (χ2n) is 3.08. The number of methoxy groups -OCH3 is 1. The third-order valence-electron chi connectivity index (χ3n) is 1.66. The van der Waals surface area contributed by atoms with Crippen molar-refractivity contribution in [3.05, 3.63) is 17.9 Å². The predicted octanol–water partition coefficient (Wildman–Crippen LogP) is 1.30. The molecule has 3 N–H and O–H groups in total. The first kappa shape index (κ1) is 10.6. The van der Waals surface area contributed by atoms with E-state index in [1.165, 1.54) is 19.2 Å². The molecule has 78 valence electrons.